The van der Waals surface area contributed by atoms with Crippen LogP contribution in [0.3, 0.4) is 0 Å². The molecule has 0 amide bonds. The lowest BCUT2D eigenvalue weighted by Gasteiger charge is -2.15. The minimum atomic E-state index is -1.17. The van der Waals surface area contributed by atoms with E-state index in [1.807, 2.05) is 0 Å². The molecule has 2 rings (SSSR count). The highest BCUT2D eigenvalue weighted by Crippen LogP contribution is 2.21. The number of hydrogen-bond donors (Lipinski definition) is 2. The van der Waals surface area contributed by atoms with Crippen LogP contribution < -0.4 is 4.74 Å². The van der Waals surface area contributed by atoms with Crippen LogP contribution in [0.5, 0.6) is 5.75 Å². The largest absolute Gasteiger partial charge is 0.426 e. The van der Waals surface area contributed by atoms with Crippen molar-refractivity contribution in [2.24, 2.45) is 0 Å². The Bertz CT molecular complexity index is 918. The molecule has 0 aromatic heterocycles. The highest BCUT2D eigenvalue weighted by Gasteiger charge is 2.20. The van der Waals surface area contributed by atoms with Crippen molar-refractivity contribution in [3.05, 3.63) is 59.7 Å². The Hall–Kier alpha value is -2.96. The number of ether oxygens (including phenoxy) is 3. The first kappa shape index (κ1) is 25.3. The Balaban J connectivity index is 1.84. The van der Waals surface area contributed by atoms with Crippen LogP contribution in [0, 0.1) is 0 Å². The molecule has 0 spiro atoms. The van der Waals surface area contributed by atoms with Gasteiger partial charge in [-0.25, -0.2) is 9.59 Å². The predicted molar refractivity (Wildman–Crippen MR) is 111 cm³/mol. The van der Waals surface area contributed by atoms with Crippen molar-refractivity contribution in [3.8, 4) is 5.75 Å². The maximum Gasteiger partial charge on any atom is 0.345 e. The molecule has 32 heavy (non-hydrogen) atoms. The number of nitrogens with zero attached hydrogens (tertiary/aromatic N) is 1. The zero-order valence-corrected chi connectivity index (χ0v) is 18.2. The molecule has 0 aliphatic rings. The molecule has 0 heterocycles. The van der Waals surface area contributed by atoms with Gasteiger partial charge in [0.2, 0.25) is 6.29 Å². The molecule has 1 unspecified atom stereocenters. The highest BCUT2D eigenvalue weighted by atomic mass is 32.2. The van der Waals surface area contributed by atoms with E-state index in [9.17, 15) is 14.4 Å². The fraction of sp³-hybridized carbons (Fsp3) is 0.286. The Kier molecular flexibility index (Phi) is 10.1. The van der Waals surface area contributed by atoms with Gasteiger partial charge in [0.15, 0.2) is 0 Å². The van der Waals surface area contributed by atoms with E-state index in [4.69, 9.17) is 24.6 Å². The molecule has 1 atom stereocenters. The molecule has 2 aromatic carbocycles. The summed E-state index contributed by atoms with van der Waals surface area (Å²) < 4.78 is 15.3. The van der Waals surface area contributed by atoms with E-state index in [2.05, 4.69) is 4.84 Å². The summed E-state index contributed by atoms with van der Waals surface area (Å²) in [4.78, 5) is 41.2. The zero-order chi connectivity index (χ0) is 23.5. The quantitative estimate of drug-likeness (QED) is 0.126. The molecular weight excluding hydrogens is 442 g/mol. The summed E-state index contributed by atoms with van der Waals surface area (Å²) in [5.41, 5.74) is 0.306. The van der Waals surface area contributed by atoms with E-state index in [0.717, 1.165) is 4.90 Å². The van der Waals surface area contributed by atoms with Gasteiger partial charge in [-0.2, -0.15) is 0 Å². The van der Waals surface area contributed by atoms with Crippen LogP contribution in [0.25, 0.3) is 0 Å². The maximum absolute atomic E-state index is 12.4. The fourth-order valence-corrected chi connectivity index (χ4v) is 3.24. The summed E-state index contributed by atoms with van der Waals surface area (Å²) in [6.07, 6.45) is -0.595. The Morgan fingerprint density at radius 3 is 2.31 bits per heavy atom. The van der Waals surface area contributed by atoms with Crippen LogP contribution in [0.1, 0.15) is 41.0 Å². The SMILES string of the molecule is CC(=O)Oc1ccccc1C(=O)OC(C)OC(=O)c1ccc(SCCCON(O)O)cc1. The third-order valence-corrected chi connectivity index (χ3v) is 4.86. The molecule has 0 aliphatic heterocycles. The molecule has 0 saturated carbocycles. The van der Waals surface area contributed by atoms with E-state index in [1.165, 1.54) is 37.7 Å². The van der Waals surface area contributed by atoms with Crippen LogP contribution in [-0.2, 0) is 19.1 Å². The van der Waals surface area contributed by atoms with Gasteiger partial charge >= 0.3 is 17.9 Å². The number of carbonyl (C=O) groups excluding carboxylic acids is 3. The summed E-state index contributed by atoms with van der Waals surface area (Å²) >= 11 is 1.50. The number of benzene rings is 2. The first-order valence-corrected chi connectivity index (χ1v) is 10.5. The summed E-state index contributed by atoms with van der Waals surface area (Å²) in [5, 5.41) is 16.5. The third kappa shape index (κ3) is 8.65. The molecule has 0 fully saturated rings. The standard InChI is InChI=1S/C21H23NO9S/c1-14(23)29-19-7-4-3-6-18(19)21(25)31-15(2)30-20(24)16-8-10-17(11-9-16)32-13-5-12-28-22(26)27/h3-4,6-11,15,26-27H,5,12-13H2,1-2H3. The first-order chi connectivity index (χ1) is 15.3. The second-order valence-corrected chi connectivity index (χ2v) is 7.45. The Morgan fingerprint density at radius 1 is 1.00 bits per heavy atom. The van der Waals surface area contributed by atoms with Crippen LogP contribution in [0.15, 0.2) is 53.4 Å². The molecule has 0 aliphatic carbocycles. The second kappa shape index (κ2) is 12.8. The van der Waals surface area contributed by atoms with Gasteiger partial charge in [-0.15, -0.1) is 11.8 Å². The fourth-order valence-electron chi connectivity index (χ4n) is 2.42. The molecule has 0 radical (unpaired) electrons. The lowest BCUT2D eigenvalue weighted by atomic mass is 10.2. The Labute approximate surface area is 188 Å². The minimum absolute atomic E-state index is 0.0306. The number of hydrogen-bond acceptors (Lipinski definition) is 11. The van der Waals surface area contributed by atoms with Gasteiger partial charge in [-0.1, -0.05) is 12.1 Å². The summed E-state index contributed by atoms with van der Waals surface area (Å²) in [6, 6.07) is 12.7. The van der Waals surface area contributed by atoms with Crippen LogP contribution in [0.4, 0.5) is 0 Å². The summed E-state index contributed by atoms with van der Waals surface area (Å²) in [5.74, 6) is -1.34. The van der Waals surface area contributed by atoms with E-state index < -0.39 is 24.2 Å². The topological polar surface area (TPSA) is 132 Å². The van der Waals surface area contributed by atoms with Crippen molar-refractivity contribution in [1.29, 1.82) is 0 Å². The van der Waals surface area contributed by atoms with Crippen molar-refractivity contribution in [2.45, 2.75) is 31.5 Å². The Morgan fingerprint density at radius 2 is 1.66 bits per heavy atom. The zero-order valence-electron chi connectivity index (χ0n) is 17.4. The predicted octanol–water partition coefficient (Wildman–Crippen LogP) is 3.47. The average Bonchev–Trinajstić information content (AvgIpc) is 2.73. The summed E-state index contributed by atoms with van der Waals surface area (Å²) in [6.45, 7) is 2.76. The normalized spacial score (nSPS) is 11.7. The molecule has 172 valence electrons. The van der Waals surface area contributed by atoms with Crippen molar-refractivity contribution in [3.63, 3.8) is 0 Å². The second-order valence-electron chi connectivity index (χ2n) is 6.28. The number of thioether (sulfide) groups is 1. The monoisotopic (exact) mass is 465 g/mol. The lowest BCUT2D eigenvalue weighted by molar-refractivity contribution is -0.492. The van der Waals surface area contributed by atoms with E-state index in [0.29, 0.717) is 12.2 Å². The molecule has 0 saturated heterocycles. The van der Waals surface area contributed by atoms with Gasteiger partial charge in [0.1, 0.15) is 11.3 Å². The number of esters is 3. The van der Waals surface area contributed by atoms with Gasteiger partial charge in [0.25, 0.3) is 0 Å². The van der Waals surface area contributed by atoms with Gasteiger partial charge in [0.05, 0.1) is 17.6 Å². The van der Waals surface area contributed by atoms with Crippen molar-refractivity contribution in [2.75, 3.05) is 12.4 Å². The molecule has 2 aromatic rings. The molecule has 11 heteroatoms. The minimum Gasteiger partial charge on any atom is -0.426 e. The van der Waals surface area contributed by atoms with Crippen LogP contribution in [-0.4, -0.2) is 52.4 Å². The van der Waals surface area contributed by atoms with Gasteiger partial charge in [-0.3, -0.25) is 20.0 Å². The molecule has 10 nitrogen and oxygen atoms in total. The third-order valence-electron chi connectivity index (χ3n) is 3.76. The van der Waals surface area contributed by atoms with Crippen molar-refractivity contribution < 1.29 is 43.8 Å². The van der Waals surface area contributed by atoms with Crippen LogP contribution in [0.2, 0.25) is 0 Å². The molecule has 2 N–H and O–H groups in total. The average molecular weight is 465 g/mol. The lowest BCUT2D eigenvalue weighted by Crippen LogP contribution is -2.22. The molecular formula is C21H23NO9S. The van der Waals surface area contributed by atoms with E-state index in [1.54, 1.807) is 36.4 Å². The molecule has 0 bridgehead atoms. The van der Waals surface area contributed by atoms with Crippen molar-refractivity contribution in [1.82, 2.24) is 5.39 Å². The van der Waals surface area contributed by atoms with Gasteiger partial charge < -0.3 is 14.2 Å². The van der Waals surface area contributed by atoms with Gasteiger partial charge in [0, 0.05) is 24.5 Å². The van der Waals surface area contributed by atoms with Gasteiger partial charge in [-0.05, 0) is 42.8 Å². The maximum atomic E-state index is 12.4. The number of para-hydroxylation sites is 1. The van der Waals surface area contributed by atoms with Crippen LogP contribution >= 0.6 is 11.8 Å². The smallest absolute Gasteiger partial charge is 0.345 e. The highest BCUT2D eigenvalue weighted by molar-refractivity contribution is 7.99. The number of carbonyl (C=O) groups is 3. The van der Waals surface area contributed by atoms with E-state index >= 15 is 0 Å². The van der Waals surface area contributed by atoms with Crippen molar-refractivity contribution >= 4 is 29.7 Å². The van der Waals surface area contributed by atoms with E-state index in [-0.39, 0.29) is 28.9 Å². The number of rotatable bonds is 11. The first-order valence-electron chi connectivity index (χ1n) is 9.49. The summed E-state index contributed by atoms with van der Waals surface area (Å²) in [7, 11) is 0.